The van der Waals surface area contributed by atoms with Crippen molar-refractivity contribution in [3.05, 3.63) is 35.6 Å². The van der Waals surface area contributed by atoms with Gasteiger partial charge in [-0.05, 0) is 24.6 Å². The lowest BCUT2D eigenvalue weighted by atomic mass is 10.2. The van der Waals surface area contributed by atoms with Crippen molar-refractivity contribution in [2.24, 2.45) is 5.84 Å². The predicted molar refractivity (Wildman–Crippen MR) is 68.7 cm³/mol. The normalized spacial score (nSPS) is 10.2. The van der Waals surface area contributed by atoms with Gasteiger partial charge < -0.3 is 16.5 Å². The molecule has 0 saturated heterocycles. The summed E-state index contributed by atoms with van der Waals surface area (Å²) >= 11 is 0. The zero-order chi connectivity index (χ0) is 13.1. The lowest BCUT2D eigenvalue weighted by molar-refractivity contribution is 0.630. The van der Waals surface area contributed by atoms with Gasteiger partial charge >= 0.3 is 0 Å². The van der Waals surface area contributed by atoms with Crippen LogP contribution in [0.4, 0.5) is 27.7 Å². The molecule has 0 radical (unpaired) electrons. The number of nitrogens with zero attached hydrogens (tertiary/aromatic N) is 2. The monoisotopic (exact) mass is 248 g/mol. The fourth-order valence-corrected chi connectivity index (χ4v) is 1.46. The Bertz CT molecular complexity index is 571. The Labute approximate surface area is 103 Å². The summed E-state index contributed by atoms with van der Waals surface area (Å²) in [6.07, 6.45) is 0. The third-order valence-corrected chi connectivity index (χ3v) is 2.28. The number of hydrazine groups is 1. The fourth-order valence-electron chi connectivity index (χ4n) is 1.46. The maximum atomic E-state index is 13.6. The van der Waals surface area contributed by atoms with E-state index in [0.29, 0.717) is 17.3 Å². The summed E-state index contributed by atoms with van der Waals surface area (Å²) in [5.74, 6) is 5.61. The van der Waals surface area contributed by atoms with Crippen LogP contribution in [0.3, 0.4) is 0 Å². The minimum atomic E-state index is -0.366. The highest BCUT2D eigenvalue weighted by Crippen LogP contribution is 2.21. The van der Waals surface area contributed by atoms with Crippen LogP contribution >= 0.6 is 0 Å². The number of aromatic nitrogens is 2. The van der Waals surface area contributed by atoms with Gasteiger partial charge in [-0.2, -0.15) is 9.97 Å². The molecule has 0 aliphatic heterocycles. The van der Waals surface area contributed by atoms with E-state index in [1.54, 1.807) is 12.1 Å². The molecule has 2 rings (SSSR count). The Kier molecular flexibility index (Phi) is 3.24. The molecule has 0 unspecified atom stereocenters. The molecule has 1 heterocycles. The molecule has 6 nitrogen and oxygen atoms in total. The van der Waals surface area contributed by atoms with Crippen LogP contribution in [-0.2, 0) is 0 Å². The lowest BCUT2D eigenvalue weighted by Crippen LogP contribution is -2.11. The van der Waals surface area contributed by atoms with E-state index >= 15 is 0 Å². The molecule has 18 heavy (non-hydrogen) atoms. The van der Waals surface area contributed by atoms with Gasteiger partial charge in [0.05, 0.1) is 5.69 Å². The van der Waals surface area contributed by atoms with Gasteiger partial charge in [0.1, 0.15) is 17.5 Å². The van der Waals surface area contributed by atoms with Crippen molar-refractivity contribution in [2.75, 3.05) is 16.5 Å². The number of hydrogen-bond donors (Lipinski definition) is 4. The number of aryl methyl sites for hydroxylation is 1. The standard InChI is InChI=1S/C11H13FN6/c1-6-2-3-8(7(12)4-6)15-9-5-10(18-14)17-11(13)16-9/h2-5H,14H2,1H3,(H4,13,15,16,17,18). The molecule has 0 atom stereocenters. The quantitative estimate of drug-likeness (QED) is 0.485. The average Bonchev–Trinajstić information content (AvgIpc) is 2.32. The first kappa shape index (κ1) is 12.1. The molecule has 6 N–H and O–H groups in total. The van der Waals surface area contributed by atoms with Crippen LogP contribution in [-0.4, -0.2) is 9.97 Å². The molecule has 0 spiro atoms. The second kappa shape index (κ2) is 4.84. The summed E-state index contributed by atoms with van der Waals surface area (Å²) < 4.78 is 13.6. The molecule has 1 aromatic heterocycles. The van der Waals surface area contributed by atoms with E-state index in [9.17, 15) is 4.39 Å². The van der Waals surface area contributed by atoms with Gasteiger partial charge in [-0.25, -0.2) is 10.2 Å². The smallest absolute Gasteiger partial charge is 0.223 e. The Morgan fingerprint density at radius 3 is 2.56 bits per heavy atom. The largest absolute Gasteiger partial charge is 0.368 e. The van der Waals surface area contributed by atoms with E-state index in [4.69, 9.17) is 11.6 Å². The molecule has 0 fully saturated rings. The number of benzene rings is 1. The molecule has 0 saturated carbocycles. The Balaban J connectivity index is 2.30. The predicted octanol–water partition coefficient (Wildman–Crippen LogP) is 1.54. The van der Waals surface area contributed by atoms with Crippen LogP contribution in [0, 0.1) is 12.7 Å². The molecule has 1 aromatic carbocycles. The molecule has 7 heteroatoms. The summed E-state index contributed by atoms with van der Waals surface area (Å²) in [7, 11) is 0. The van der Waals surface area contributed by atoms with Crippen molar-refractivity contribution in [1.29, 1.82) is 0 Å². The number of halogens is 1. The second-order valence-electron chi connectivity index (χ2n) is 3.75. The van der Waals surface area contributed by atoms with Gasteiger partial charge in [0.2, 0.25) is 5.95 Å². The molecule has 0 aliphatic carbocycles. The molecule has 2 aromatic rings. The summed E-state index contributed by atoms with van der Waals surface area (Å²) in [5.41, 5.74) is 9.00. The van der Waals surface area contributed by atoms with Crippen molar-refractivity contribution in [2.45, 2.75) is 6.92 Å². The van der Waals surface area contributed by atoms with Gasteiger partial charge in [-0.15, -0.1) is 0 Å². The van der Waals surface area contributed by atoms with Gasteiger partial charge in [0.25, 0.3) is 0 Å². The number of anilines is 4. The first-order valence-electron chi connectivity index (χ1n) is 5.23. The minimum absolute atomic E-state index is 0.0421. The van der Waals surface area contributed by atoms with E-state index in [-0.39, 0.29) is 11.8 Å². The number of rotatable bonds is 3. The summed E-state index contributed by atoms with van der Waals surface area (Å²) in [6, 6.07) is 6.36. The number of nitrogen functional groups attached to an aromatic ring is 2. The molecule has 94 valence electrons. The maximum absolute atomic E-state index is 13.6. The fraction of sp³-hybridized carbons (Fsp3) is 0.0909. The van der Waals surface area contributed by atoms with Crippen LogP contribution < -0.4 is 22.3 Å². The zero-order valence-corrected chi connectivity index (χ0v) is 9.74. The van der Waals surface area contributed by atoms with Crippen molar-refractivity contribution >= 4 is 23.3 Å². The van der Waals surface area contributed by atoms with E-state index < -0.39 is 0 Å². The highest BCUT2D eigenvalue weighted by molar-refractivity contribution is 5.61. The minimum Gasteiger partial charge on any atom is -0.368 e. The number of nitrogens with one attached hydrogen (secondary N) is 2. The highest BCUT2D eigenvalue weighted by atomic mass is 19.1. The first-order chi connectivity index (χ1) is 8.58. The van der Waals surface area contributed by atoms with Crippen LogP contribution in [0.2, 0.25) is 0 Å². The van der Waals surface area contributed by atoms with Crippen molar-refractivity contribution in [3.8, 4) is 0 Å². The van der Waals surface area contributed by atoms with E-state index in [1.807, 2.05) is 6.92 Å². The summed E-state index contributed by atoms with van der Waals surface area (Å²) in [5, 5.41) is 2.81. The Hall–Kier alpha value is -2.41. The maximum Gasteiger partial charge on any atom is 0.223 e. The summed E-state index contributed by atoms with van der Waals surface area (Å²) in [6.45, 7) is 1.81. The third-order valence-electron chi connectivity index (χ3n) is 2.28. The van der Waals surface area contributed by atoms with Crippen LogP contribution in [0.25, 0.3) is 0 Å². The molecule has 0 bridgehead atoms. The van der Waals surface area contributed by atoms with Crippen molar-refractivity contribution in [3.63, 3.8) is 0 Å². The molecular formula is C11H13FN6. The zero-order valence-electron chi connectivity index (χ0n) is 9.74. The van der Waals surface area contributed by atoms with Gasteiger partial charge in [-0.1, -0.05) is 6.07 Å². The third kappa shape index (κ3) is 2.64. The van der Waals surface area contributed by atoms with Crippen molar-refractivity contribution in [1.82, 2.24) is 9.97 Å². The molecule has 0 aliphatic rings. The first-order valence-corrected chi connectivity index (χ1v) is 5.23. The molecular weight excluding hydrogens is 235 g/mol. The topological polar surface area (TPSA) is 102 Å². The van der Waals surface area contributed by atoms with E-state index in [1.165, 1.54) is 12.1 Å². The van der Waals surface area contributed by atoms with Gasteiger partial charge in [0, 0.05) is 6.07 Å². The van der Waals surface area contributed by atoms with Gasteiger partial charge in [0.15, 0.2) is 0 Å². The average molecular weight is 248 g/mol. The second-order valence-corrected chi connectivity index (χ2v) is 3.75. The van der Waals surface area contributed by atoms with E-state index in [0.717, 1.165) is 5.56 Å². The number of hydrogen-bond acceptors (Lipinski definition) is 6. The SMILES string of the molecule is Cc1ccc(Nc2cc(NN)nc(N)n2)c(F)c1. The Morgan fingerprint density at radius 1 is 1.17 bits per heavy atom. The van der Waals surface area contributed by atoms with E-state index in [2.05, 4.69) is 20.7 Å². The van der Waals surface area contributed by atoms with Gasteiger partial charge in [-0.3, -0.25) is 0 Å². The van der Waals surface area contributed by atoms with Crippen LogP contribution in [0.15, 0.2) is 24.3 Å². The Morgan fingerprint density at radius 2 is 1.89 bits per heavy atom. The number of nitrogens with two attached hydrogens (primary N) is 2. The molecule has 0 amide bonds. The highest BCUT2D eigenvalue weighted by Gasteiger charge is 2.05. The summed E-state index contributed by atoms with van der Waals surface area (Å²) in [4.78, 5) is 7.76. The van der Waals surface area contributed by atoms with Crippen molar-refractivity contribution < 1.29 is 4.39 Å². The lowest BCUT2D eigenvalue weighted by Gasteiger charge is -2.09. The van der Waals surface area contributed by atoms with Crippen LogP contribution in [0.5, 0.6) is 0 Å². The van der Waals surface area contributed by atoms with Crippen LogP contribution in [0.1, 0.15) is 5.56 Å².